The van der Waals surface area contributed by atoms with Crippen molar-refractivity contribution in [3.05, 3.63) is 132 Å². The summed E-state index contributed by atoms with van der Waals surface area (Å²) in [5.41, 5.74) is 4.54. The van der Waals surface area contributed by atoms with Crippen molar-refractivity contribution in [1.29, 1.82) is 0 Å². The molecule has 5 heteroatoms. The van der Waals surface area contributed by atoms with E-state index in [0.29, 0.717) is 19.6 Å². The van der Waals surface area contributed by atoms with Crippen LogP contribution < -0.4 is 4.90 Å². The standard InChI is InChI=1S/C30H28N4O/c1-30(23-34(29(30)35)28-15-9-4-10-16-28)26-17-19-27(20-18-26)31-32-33(21-24-11-5-2-6-12-24)22-25-13-7-3-8-14-25/h2-20H,21-23H2,1H3/t30-/m0/s1. The highest BCUT2D eigenvalue weighted by molar-refractivity contribution is 6.08. The van der Waals surface area contributed by atoms with Crippen LogP contribution in [0.15, 0.2) is 126 Å². The minimum atomic E-state index is -0.516. The second-order valence-electron chi connectivity index (χ2n) is 9.09. The fourth-order valence-electron chi connectivity index (χ4n) is 4.41. The van der Waals surface area contributed by atoms with Crippen LogP contribution in [0.4, 0.5) is 11.4 Å². The lowest BCUT2D eigenvalue weighted by molar-refractivity contribution is -0.128. The zero-order chi connectivity index (χ0) is 24.1. The molecule has 0 spiro atoms. The van der Waals surface area contributed by atoms with E-state index >= 15 is 0 Å². The number of benzene rings is 4. The first-order chi connectivity index (χ1) is 17.1. The molecule has 1 aliphatic heterocycles. The first kappa shape index (κ1) is 22.5. The molecule has 0 aromatic heterocycles. The van der Waals surface area contributed by atoms with Crippen molar-refractivity contribution in [2.24, 2.45) is 10.3 Å². The van der Waals surface area contributed by atoms with Gasteiger partial charge in [0.2, 0.25) is 5.91 Å². The molecular weight excluding hydrogens is 432 g/mol. The Morgan fingerprint density at radius 3 is 1.77 bits per heavy atom. The monoisotopic (exact) mass is 460 g/mol. The van der Waals surface area contributed by atoms with E-state index in [1.165, 1.54) is 11.1 Å². The van der Waals surface area contributed by atoms with E-state index in [0.717, 1.165) is 16.9 Å². The average Bonchev–Trinajstić information content (AvgIpc) is 2.92. The highest BCUT2D eigenvalue weighted by Crippen LogP contribution is 2.39. The number of amides is 1. The lowest BCUT2D eigenvalue weighted by atomic mass is 9.74. The maximum absolute atomic E-state index is 13.0. The van der Waals surface area contributed by atoms with Crippen LogP contribution in [-0.2, 0) is 23.3 Å². The highest BCUT2D eigenvalue weighted by Gasteiger charge is 2.49. The normalized spacial score (nSPS) is 17.4. The van der Waals surface area contributed by atoms with Crippen molar-refractivity contribution in [3.63, 3.8) is 0 Å². The number of rotatable bonds is 8. The number of anilines is 1. The van der Waals surface area contributed by atoms with Gasteiger partial charge in [-0.25, -0.2) is 0 Å². The Hall–Kier alpha value is -4.25. The van der Waals surface area contributed by atoms with Gasteiger partial charge in [0.15, 0.2) is 0 Å². The van der Waals surface area contributed by atoms with Gasteiger partial charge in [0.1, 0.15) is 0 Å². The van der Waals surface area contributed by atoms with Crippen molar-refractivity contribution < 1.29 is 4.79 Å². The quantitative estimate of drug-likeness (QED) is 0.167. The summed E-state index contributed by atoms with van der Waals surface area (Å²) in [5.74, 6) is 0.120. The maximum atomic E-state index is 13.0. The Morgan fingerprint density at radius 1 is 0.743 bits per heavy atom. The Morgan fingerprint density at radius 2 is 1.26 bits per heavy atom. The smallest absolute Gasteiger partial charge is 0.239 e. The molecule has 0 unspecified atom stereocenters. The van der Waals surface area contributed by atoms with Gasteiger partial charge < -0.3 is 4.90 Å². The molecule has 0 bridgehead atoms. The van der Waals surface area contributed by atoms with Gasteiger partial charge in [0, 0.05) is 12.2 Å². The van der Waals surface area contributed by atoms with Gasteiger partial charge >= 0.3 is 0 Å². The number of carbonyl (C=O) groups is 1. The predicted molar refractivity (Wildman–Crippen MR) is 139 cm³/mol. The second-order valence-corrected chi connectivity index (χ2v) is 9.09. The van der Waals surface area contributed by atoms with Crippen molar-refractivity contribution >= 4 is 17.3 Å². The van der Waals surface area contributed by atoms with Crippen LogP contribution in [0.3, 0.4) is 0 Å². The number of para-hydroxylation sites is 1. The van der Waals surface area contributed by atoms with Gasteiger partial charge in [-0.3, -0.25) is 9.80 Å². The van der Waals surface area contributed by atoms with Crippen LogP contribution in [0.5, 0.6) is 0 Å². The lowest BCUT2D eigenvalue weighted by Gasteiger charge is -2.47. The molecule has 0 saturated carbocycles. The molecule has 1 amide bonds. The van der Waals surface area contributed by atoms with E-state index < -0.39 is 5.41 Å². The molecule has 1 atom stereocenters. The van der Waals surface area contributed by atoms with E-state index in [2.05, 4.69) is 34.6 Å². The minimum Gasteiger partial charge on any atom is -0.310 e. The number of carbonyl (C=O) groups excluding carboxylic acids is 1. The summed E-state index contributed by atoms with van der Waals surface area (Å²) in [5, 5.41) is 11.0. The van der Waals surface area contributed by atoms with Gasteiger partial charge in [-0.05, 0) is 47.9 Å². The van der Waals surface area contributed by atoms with Crippen LogP contribution in [0.25, 0.3) is 0 Å². The molecule has 174 valence electrons. The van der Waals surface area contributed by atoms with E-state index in [1.54, 1.807) is 0 Å². The van der Waals surface area contributed by atoms with Crippen LogP contribution in [0.2, 0.25) is 0 Å². The van der Waals surface area contributed by atoms with Crippen molar-refractivity contribution in [2.75, 3.05) is 11.4 Å². The molecule has 1 saturated heterocycles. The summed E-state index contributed by atoms with van der Waals surface area (Å²) in [4.78, 5) is 14.8. The van der Waals surface area contributed by atoms with Crippen molar-refractivity contribution in [1.82, 2.24) is 5.01 Å². The average molecular weight is 461 g/mol. The minimum absolute atomic E-state index is 0.120. The Labute approximate surface area is 206 Å². The fourth-order valence-corrected chi connectivity index (χ4v) is 4.41. The largest absolute Gasteiger partial charge is 0.310 e. The van der Waals surface area contributed by atoms with E-state index in [-0.39, 0.29) is 5.91 Å². The maximum Gasteiger partial charge on any atom is 0.239 e. The zero-order valence-electron chi connectivity index (χ0n) is 19.8. The highest BCUT2D eigenvalue weighted by atomic mass is 16.2. The summed E-state index contributed by atoms with van der Waals surface area (Å²) < 4.78 is 0. The topological polar surface area (TPSA) is 48.3 Å². The third-order valence-corrected chi connectivity index (χ3v) is 6.47. The van der Waals surface area contributed by atoms with Crippen molar-refractivity contribution in [2.45, 2.75) is 25.4 Å². The molecule has 1 aliphatic rings. The van der Waals surface area contributed by atoms with Gasteiger partial charge in [-0.2, -0.15) is 0 Å². The third-order valence-electron chi connectivity index (χ3n) is 6.47. The molecule has 5 nitrogen and oxygen atoms in total. The van der Waals surface area contributed by atoms with Crippen LogP contribution in [0.1, 0.15) is 23.6 Å². The fraction of sp³-hybridized carbons (Fsp3) is 0.167. The van der Waals surface area contributed by atoms with E-state index in [9.17, 15) is 4.79 Å². The molecule has 0 N–H and O–H groups in total. The molecule has 1 heterocycles. The molecule has 35 heavy (non-hydrogen) atoms. The van der Waals surface area contributed by atoms with E-state index in [1.807, 2.05) is 108 Å². The third kappa shape index (κ3) is 4.99. The summed E-state index contributed by atoms with van der Waals surface area (Å²) in [6.07, 6.45) is 0. The predicted octanol–water partition coefficient (Wildman–Crippen LogP) is 6.69. The molecule has 0 radical (unpaired) electrons. The molecule has 1 fully saturated rings. The molecular formula is C30H28N4O. The lowest BCUT2D eigenvalue weighted by Crippen LogP contribution is -2.63. The number of hydrogen-bond acceptors (Lipinski definition) is 3. The molecule has 5 rings (SSSR count). The van der Waals surface area contributed by atoms with Gasteiger partial charge in [-0.15, -0.1) is 5.11 Å². The summed E-state index contributed by atoms with van der Waals surface area (Å²) in [6.45, 7) is 4.00. The number of hydrogen-bond donors (Lipinski definition) is 0. The summed E-state index contributed by atoms with van der Waals surface area (Å²) >= 11 is 0. The van der Waals surface area contributed by atoms with Crippen LogP contribution in [0, 0.1) is 0 Å². The van der Waals surface area contributed by atoms with Crippen molar-refractivity contribution in [3.8, 4) is 0 Å². The Balaban J connectivity index is 1.29. The number of β-lactam (4-membered cyclic amide) rings is 1. The van der Waals surface area contributed by atoms with Crippen LogP contribution >= 0.6 is 0 Å². The zero-order valence-corrected chi connectivity index (χ0v) is 19.8. The number of nitrogens with zero attached hydrogens (tertiary/aromatic N) is 4. The molecule has 4 aromatic carbocycles. The van der Waals surface area contributed by atoms with Gasteiger partial charge in [-0.1, -0.05) is 96.2 Å². The van der Waals surface area contributed by atoms with Crippen LogP contribution in [-0.4, -0.2) is 17.5 Å². The molecule has 0 aliphatic carbocycles. The summed E-state index contributed by atoms with van der Waals surface area (Å²) in [6, 6.07) is 38.2. The second kappa shape index (κ2) is 9.94. The van der Waals surface area contributed by atoms with Gasteiger partial charge in [0.25, 0.3) is 0 Å². The van der Waals surface area contributed by atoms with E-state index in [4.69, 9.17) is 0 Å². The Bertz CT molecular complexity index is 1250. The van der Waals surface area contributed by atoms with Gasteiger partial charge in [0.05, 0.1) is 24.2 Å². The Kier molecular flexibility index (Phi) is 6.40. The first-order valence-corrected chi connectivity index (χ1v) is 11.8. The molecule has 4 aromatic rings. The first-order valence-electron chi connectivity index (χ1n) is 11.8. The SMILES string of the molecule is C[C@@]1(c2ccc(N=NN(Cc3ccccc3)Cc3ccccc3)cc2)CN(c2ccccc2)C1=O. The summed E-state index contributed by atoms with van der Waals surface area (Å²) in [7, 11) is 0.